The molecule has 0 aliphatic rings. The normalized spacial score (nSPS) is 13.0. The summed E-state index contributed by atoms with van der Waals surface area (Å²) in [6, 6.07) is 1.64. The second kappa shape index (κ2) is 8.17. The van der Waals surface area contributed by atoms with Crippen LogP contribution in [0.15, 0.2) is 6.07 Å². The SMILES string of the molecule is CCCNc1cc(NC(C)CS(C)(=O)=O)nc(CCC)n1. The first-order valence-corrected chi connectivity index (χ1v) is 9.46. The van der Waals surface area contributed by atoms with Crippen molar-refractivity contribution in [1.82, 2.24) is 9.97 Å². The minimum Gasteiger partial charge on any atom is -0.370 e. The summed E-state index contributed by atoms with van der Waals surface area (Å²) >= 11 is 0. The van der Waals surface area contributed by atoms with Crippen molar-refractivity contribution in [3.63, 3.8) is 0 Å². The molecule has 21 heavy (non-hydrogen) atoms. The molecule has 0 spiro atoms. The highest BCUT2D eigenvalue weighted by atomic mass is 32.2. The molecule has 0 aromatic carbocycles. The summed E-state index contributed by atoms with van der Waals surface area (Å²) in [6.45, 7) is 6.85. The van der Waals surface area contributed by atoms with Gasteiger partial charge in [0, 0.05) is 31.3 Å². The third kappa shape index (κ3) is 7.27. The van der Waals surface area contributed by atoms with Crippen LogP contribution in [0.5, 0.6) is 0 Å². The van der Waals surface area contributed by atoms with Crippen molar-refractivity contribution in [2.24, 2.45) is 0 Å². The van der Waals surface area contributed by atoms with Crippen molar-refractivity contribution in [3.05, 3.63) is 11.9 Å². The van der Waals surface area contributed by atoms with Gasteiger partial charge in [-0.2, -0.15) is 0 Å². The van der Waals surface area contributed by atoms with E-state index >= 15 is 0 Å². The lowest BCUT2D eigenvalue weighted by molar-refractivity contribution is 0.598. The minimum absolute atomic E-state index is 0.0812. The molecular formula is C14H26N4O2S. The van der Waals surface area contributed by atoms with Crippen LogP contribution in [0.3, 0.4) is 0 Å². The van der Waals surface area contributed by atoms with E-state index in [1.807, 2.05) is 13.0 Å². The molecule has 2 N–H and O–H groups in total. The molecule has 0 aliphatic carbocycles. The van der Waals surface area contributed by atoms with E-state index < -0.39 is 9.84 Å². The van der Waals surface area contributed by atoms with Crippen LogP contribution < -0.4 is 10.6 Å². The molecule has 7 heteroatoms. The second-order valence-corrected chi connectivity index (χ2v) is 7.55. The fourth-order valence-electron chi connectivity index (χ4n) is 2.00. The largest absolute Gasteiger partial charge is 0.370 e. The maximum absolute atomic E-state index is 11.3. The summed E-state index contributed by atoms with van der Waals surface area (Å²) in [4.78, 5) is 8.91. The quantitative estimate of drug-likeness (QED) is 0.726. The first-order valence-electron chi connectivity index (χ1n) is 7.40. The first kappa shape index (κ1) is 17.7. The number of sulfone groups is 1. The lowest BCUT2D eigenvalue weighted by Gasteiger charge is -2.15. The average molecular weight is 314 g/mol. The molecule has 0 fully saturated rings. The van der Waals surface area contributed by atoms with Crippen molar-refractivity contribution >= 4 is 21.5 Å². The Balaban J connectivity index is 2.86. The van der Waals surface area contributed by atoms with Gasteiger partial charge >= 0.3 is 0 Å². The molecule has 1 aromatic rings. The monoisotopic (exact) mass is 314 g/mol. The molecule has 6 nitrogen and oxygen atoms in total. The predicted octanol–water partition coefficient (Wildman–Crippen LogP) is 2.10. The third-order valence-electron chi connectivity index (χ3n) is 2.75. The van der Waals surface area contributed by atoms with Crippen LogP contribution >= 0.6 is 0 Å². The molecule has 1 unspecified atom stereocenters. The highest BCUT2D eigenvalue weighted by Crippen LogP contribution is 2.14. The van der Waals surface area contributed by atoms with Crippen LogP contribution in [0.2, 0.25) is 0 Å². The highest BCUT2D eigenvalue weighted by Gasteiger charge is 2.12. The van der Waals surface area contributed by atoms with Gasteiger partial charge in [-0.05, 0) is 19.8 Å². The molecule has 0 radical (unpaired) electrons. The Hall–Kier alpha value is -1.37. The van der Waals surface area contributed by atoms with Crippen molar-refractivity contribution in [2.75, 3.05) is 29.2 Å². The van der Waals surface area contributed by atoms with E-state index in [1.54, 1.807) is 0 Å². The lowest BCUT2D eigenvalue weighted by Crippen LogP contribution is -2.25. The van der Waals surface area contributed by atoms with Crippen molar-refractivity contribution < 1.29 is 8.42 Å². The number of rotatable bonds is 9. The summed E-state index contributed by atoms with van der Waals surface area (Å²) in [5, 5.41) is 6.39. The van der Waals surface area contributed by atoms with Gasteiger partial charge in [-0.1, -0.05) is 13.8 Å². The maximum atomic E-state index is 11.3. The fourth-order valence-corrected chi connectivity index (χ4v) is 2.99. The van der Waals surface area contributed by atoms with E-state index in [0.717, 1.165) is 37.4 Å². The molecule has 1 atom stereocenters. The smallest absolute Gasteiger partial charge is 0.149 e. The highest BCUT2D eigenvalue weighted by molar-refractivity contribution is 7.90. The molecule has 1 aromatic heterocycles. The predicted molar refractivity (Wildman–Crippen MR) is 87.6 cm³/mol. The Kier molecular flexibility index (Phi) is 6.87. The standard InChI is InChI=1S/C14H26N4O2S/c1-5-7-12-17-13(15-8-6-2)9-14(18-12)16-11(3)10-21(4,19)20/h9,11H,5-8,10H2,1-4H3,(H2,15,16,17,18). The molecule has 1 rings (SSSR count). The van der Waals surface area contributed by atoms with Gasteiger partial charge in [0.05, 0.1) is 5.75 Å². The average Bonchev–Trinajstić information content (AvgIpc) is 2.34. The first-order chi connectivity index (χ1) is 9.84. The van der Waals surface area contributed by atoms with Crippen molar-refractivity contribution in [1.29, 1.82) is 0 Å². The topological polar surface area (TPSA) is 84.0 Å². The van der Waals surface area contributed by atoms with Gasteiger partial charge in [-0.3, -0.25) is 0 Å². The number of nitrogens with zero attached hydrogens (tertiary/aromatic N) is 2. The van der Waals surface area contributed by atoms with Crippen LogP contribution in [0.1, 0.15) is 39.4 Å². The van der Waals surface area contributed by atoms with Crippen LogP contribution in [0, 0.1) is 0 Å². The minimum atomic E-state index is -3.01. The molecule has 0 aliphatic heterocycles. The number of hydrogen-bond acceptors (Lipinski definition) is 6. The molecule has 1 heterocycles. The fraction of sp³-hybridized carbons (Fsp3) is 0.714. The number of nitrogens with one attached hydrogen (secondary N) is 2. The molecule has 0 bridgehead atoms. The summed E-state index contributed by atoms with van der Waals surface area (Å²) in [7, 11) is -3.01. The summed E-state index contributed by atoms with van der Waals surface area (Å²) < 4.78 is 22.6. The molecule has 120 valence electrons. The van der Waals surface area contributed by atoms with E-state index in [9.17, 15) is 8.42 Å². The van der Waals surface area contributed by atoms with E-state index in [1.165, 1.54) is 6.26 Å². The van der Waals surface area contributed by atoms with Gasteiger partial charge in [0.2, 0.25) is 0 Å². The Bertz CT molecular complexity index is 546. The number of aryl methyl sites for hydroxylation is 1. The van der Waals surface area contributed by atoms with Crippen LogP contribution in [0.4, 0.5) is 11.6 Å². The van der Waals surface area contributed by atoms with Gasteiger partial charge in [0.15, 0.2) is 0 Å². The Labute approximate surface area is 127 Å². The van der Waals surface area contributed by atoms with Gasteiger partial charge in [-0.15, -0.1) is 0 Å². The number of hydrogen-bond donors (Lipinski definition) is 2. The Morgan fingerprint density at radius 1 is 1.19 bits per heavy atom. The van der Waals surface area contributed by atoms with E-state index in [4.69, 9.17) is 0 Å². The van der Waals surface area contributed by atoms with E-state index in [2.05, 4.69) is 34.4 Å². The second-order valence-electron chi connectivity index (χ2n) is 5.37. The summed E-state index contributed by atoms with van der Waals surface area (Å²) in [5.41, 5.74) is 0. The Morgan fingerprint density at radius 2 is 1.86 bits per heavy atom. The third-order valence-corrected chi connectivity index (χ3v) is 3.85. The van der Waals surface area contributed by atoms with Gasteiger partial charge < -0.3 is 10.6 Å². The zero-order valence-corrected chi connectivity index (χ0v) is 14.1. The van der Waals surface area contributed by atoms with Crippen LogP contribution in [-0.2, 0) is 16.3 Å². The zero-order chi connectivity index (χ0) is 15.9. The van der Waals surface area contributed by atoms with E-state index in [0.29, 0.717) is 5.82 Å². The number of aromatic nitrogens is 2. The maximum Gasteiger partial charge on any atom is 0.149 e. The molecule has 0 amide bonds. The zero-order valence-electron chi connectivity index (χ0n) is 13.3. The van der Waals surface area contributed by atoms with Gasteiger partial charge in [-0.25, -0.2) is 18.4 Å². The van der Waals surface area contributed by atoms with Crippen molar-refractivity contribution in [2.45, 2.75) is 46.1 Å². The van der Waals surface area contributed by atoms with Crippen molar-refractivity contribution in [3.8, 4) is 0 Å². The van der Waals surface area contributed by atoms with Gasteiger partial charge in [0.1, 0.15) is 27.3 Å². The molecule has 0 saturated carbocycles. The Morgan fingerprint density at radius 3 is 2.43 bits per heavy atom. The van der Waals surface area contributed by atoms with Crippen LogP contribution in [-0.4, -0.2) is 43.0 Å². The molecular weight excluding hydrogens is 288 g/mol. The lowest BCUT2D eigenvalue weighted by atomic mass is 10.3. The van der Waals surface area contributed by atoms with Crippen LogP contribution in [0.25, 0.3) is 0 Å². The summed E-state index contributed by atoms with van der Waals surface area (Å²) in [5.74, 6) is 2.30. The number of anilines is 2. The summed E-state index contributed by atoms with van der Waals surface area (Å²) in [6.07, 6.45) is 4.02. The molecule has 0 saturated heterocycles. The van der Waals surface area contributed by atoms with E-state index in [-0.39, 0.29) is 11.8 Å². The van der Waals surface area contributed by atoms with Gasteiger partial charge in [0.25, 0.3) is 0 Å².